The van der Waals surface area contributed by atoms with Gasteiger partial charge < -0.3 is 9.47 Å². The number of pyridine rings is 2. The van der Waals surface area contributed by atoms with Crippen molar-refractivity contribution < 1.29 is 0 Å². The second kappa shape index (κ2) is 7.93. The first-order chi connectivity index (χ1) is 14.3. The molecule has 5 rings (SSSR count). The number of benzene rings is 1. The molecule has 0 unspecified atom stereocenters. The third-order valence-electron chi connectivity index (χ3n) is 5.55. The zero-order valence-electron chi connectivity index (χ0n) is 16.1. The van der Waals surface area contributed by atoms with Crippen molar-refractivity contribution in [2.24, 2.45) is 0 Å². The van der Waals surface area contributed by atoms with E-state index >= 15 is 0 Å². The molecule has 1 saturated heterocycles. The zero-order chi connectivity index (χ0) is 19.6. The molecule has 0 atom stereocenters. The first-order valence-corrected chi connectivity index (χ1v) is 10.4. The van der Waals surface area contributed by atoms with Gasteiger partial charge in [0.05, 0.1) is 12.0 Å². The molecule has 1 aliphatic rings. The molecule has 0 aliphatic carbocycles. The normalized spacial score (nSPS) is 14.7. The van der Waals surface area contributed by atoms with E-state index in [0.717, 1.165) is 51.7 Å². The smallest absolute Gasteiger partial charge is 0.159 e. The quantitative estimate of drug-likeness (QED) is 0.475. The van der Waals surface area contributed by atoms with E-state index < -0.39 is 0 Å². The van der Waals surface area contributed by atoms with Gasteiger partial charge in [-0.1, -0.05) is 29.8 Å². The first-order valence-electron chi connectivity index (χ1n) is 10.0. The van der Waals surface area contributed by atoms with Gasteiger partial charge in [0.15, 0.2) is 5.65 Å². The molecular weight excluding hydrogens is 382 g/mol. The summed E-state index contributed by atoms with van der Waals surface area (Å²) < 4.78 is 2.15. The van der Waals surface area contributed by atoms with Crippen molar-refractivity contribution in [3.8, 4) is 22.4 Å². The predicted octanol–water partition coefficient (Wildman–Crippen LogP) is 4.91. The van der Waals surface area contributed by atoms with Gasteiger partial charge >= 0.3 is 0 Å². The molecule has 1 fully saturated rings. The van der Waals surface area contributed by atoms with Crippen molar-refractivity contribution in [2.75, 3.05) is 19.6 Å². The Kier molecular flexibility index (Phi) is 5.00. The fourth-order valence-electron chi connectivity index (χ4n) is 3.89. The molecule has 1 aliphatic heterocycles. The molecule has 0 spiro atoms. The lowest BCUT2D eigenvalue weighted by molar-refractivity contribution is 0.324. The third-order valence-corrected chi connectivity index (χ3v) is 5.80. The van der Waals surface area contributed by atoms with Gasteiger partial charge in [-0.3, -0.25) is 4.98 Å². The number of halogens is 1. The second-order valence-electron chi connectivity index (χ2n) is 7.49. The molecule has 0 radical (unpaired) electrons. The standard InChI is InChI=1S/C23H22ClN5/c24-20-6-3-17(4-7-20)18-5-8-21(25-14-18)19-13-22-23(26-15-19)29(16-27-22)12-11-28-9-1-2-10-28/h3-8,13-16H,1-2,9-12H2. The molecule has 3 aromatic heterocycles. The number of hydrogen-bond acceptors (Lipinski definition) is 4. The van der Waals surface area contributed by atoms with Crippen LogP contribution in [0.4, 0.5) is 0 Å². The Hall–Kier alpha value is -2.76. The first kappa shape index (κ1) is 18.3. The van der Waals surface area contributed by atoms with E-state index in [1.54, 1.807) is 0 Å². The molecule has 146 valence electrons. The Morgan fingerprint density at radius 3 is 2.31 bits per heavy atom. The van der Waals surface area contributed by atoms with Gasteiger partial charge in [-0.2, -0.15) is 0 Å². The number of imidazole rings is 1. The maximum absolute atomic E-state index is 5.97. The minimum absolute atomic E-state index is 0.734. The number of nitrogens with zero attached hydrogens (tertiary/aromatic N) is 5. The lowest BCUT2D eigenvalue weighted by Crippen LogP contribution is -2.23. The van der Waals surface area contributed by atoms with Gasteiger partial charge in [0.25, 0.3) is 0 Å². The molecule has 0 amide bonds. The van der Waals surface area contributed by atoms with E-state index in [-0.39, 0.29) is 0 Å². The van der Waals surface area contributed by atoms with Crippen LogP contribution in [0.3, 0.4) is 0 Å². The fourth-order valence-corrected chi connectivity index (χ4v) is 4.01. The highest BCUT2D eigenvalue weighted by molar-refractivity contribution is 6.30. The number of fused-ring (bicyclic) bond motifs is 1. The number of rotatable bonds is 5. The fraction of sp³-hybridized carbons (Fsp3) is 0.261. The van der Waals surface area contributed by atoms with Crippen LogP contribution in [0.15, 0.2) is 61.2 Å². The molecule has 1 aromatic carbocycles. The lowest BCUT2D eigenvalue weighted by Gasteiger charge is -2.14. The Balaban J connectivity index is 1.35. The summed E-state index contributed by atoms with van der Waals surface area (Å²) in [6, 6.07) is 14.0. The van der Waals surface area contributed by atoms with E-state index in [4.69, 9.17) is 11.6 Å². The summed E-state index contributed by atoms with van der Waals surface area (Å²) in [5.74, 6) is 0. The van der Waals surface area contributed by atoms with E-state index in [9.17, 15) is 0 Å². The molecule has 0 bridgehead atoms. The number of likely N-dealkylation sites (tertiary alicyclic amines) is 1. The van der Waals surface area contributed by atoms with E-state index in [2.05, 4.69) is 36.6 Å². The van der Waals surface area contributed by atoms with Gasteiger partial charge in [-0.25, -0.2) is 9.97 Å². The highest BCUT2D eigenvalue weighted by Crippen LogP contribution is 2.25. The number of aromatic nitrogens is 4. The molecule has 29 heavy (non-hydrogen) atoms. The molecule has 6 heteroatoms. The van der Waals surface area contributed by atoms with Gasteiger partial charge in [-0.05, 0) is 55.8 Å². The van der Waals surface area contributed by atoms with E-state index in [1.807, 2.05) is 49.1 Å². The number of hydrogen-bond donors (Lipinski definition) is 0. The van der Waals surface area contributed by atoms with E-state index in [0.29, 0.717) is 0 Å². The monoisotopic (exact) mass is 403 g/mol. The van der Waals surface area contributed by atoms with E-state index in [1.165, 1.54) is 25.9 Å². The second-order valence-corrected chi connectivity index (χ2v) is 7.93. The van der Waals surface area contributed by atoms with Crippen molar-refractivity contribution in [3.63, 3.8) is 0 Å². The van der Waals surface area contributed by atoms with Crippen LogP contribution in [-0.4, -0.2) is 44.1 Å². The summed E-state index contributed by atoms with van der Waals surface area (Å²) in [5, 5.41) is 0.734. The van der Waals surface area contributed by atoms with Gasteiger partial charge in [0.1, 0.15) is 5.52 Å². The molecular formula is C23H22ClN5. The largest absolute Gasteiger partial charge is 0.314 e. The average molecular weight is 404 g/mol. The van der Waals surface area contributed by atoms with Crippen molar-refractivity contribution in [1.29, 1.82) is 0 Å². The van der Waals surface area contributed by atoms with Crippen LogP contribution in [-0.2, 0) is 6.54 Å². The van der Waals surface area contributed by atoms with Crippen molar-refractivity contribution in [2.45, 2.75) is 19.4 Å². The summed E-state index contributed by atoms with van der Waals surface area (Å²) >= 11 is 5.97. The van der Waals surface area contributed by atoms with Crippen LogP contribution in [0.5, 0.6) is 0 Å². The maximum Gasteiger partial charge on any atom is 0.159 e. The highest BCUT2D eigenvalue weighted by Gasteiger charge is 2.13. The van der Waals surface area contributed by atoms with Crippen LogP contribution in [0.25, 0.3) is 33.5 Å². The molecule has 0 N–H and O–H groups in total. The predicted molar refractivity (Wildman–Crippen MR) is 117 cm³/mol. The minimum atomic E-state index is 0.734. The van der Waals surface area contributed by atoms with Crippen molar-refractivity contribution in [1.82, 2.24) is 24.4 Å². The average Bonchev–Trinajstić information content (AvgIpc) is 3.42. The van der Waals surface area contributed by atoms with Crippen LogP contribution in [0, 0.1) is 0 Å². The third kappa shape index (κ3) is 3.88. The van der Waals surface area contributed by atoms with Crippen LogP contribution in [0.2, 0.25) is 5.02 Å². The highest BCUT2D eigenvalue weighted by atomic mass is 35.5. The van der Waals surface area contributed by atoms with Crippen molar-refractivity contribution in [3.05, 3.63) is 66.2 Å². The van der Waals surface area contributed by atoms with Crippen LogP contribution in [0.1, 0.15) is 12.8 Å². The van der Waals surface area contributed by atoms with Gasteiger partial charge in [0.2, 0.25) is 0 Å². The lowest BCUT2D eigenvalue weighted by atomic mass is 10.1. The molecule has 5 nitrogen and oxygen atoms in total. The van der Waals surface area contributed by atoms with Crippen LogP contribution < -0.4 is 0 Å². The zero-order valence-corrected chi connectivity index (χ0v) is 16.9. The Morgan fingerprint density at radius 2 is 1.55 bits per heavy atom. The minimum Gasteiger partial charge on any atom is -0.314 e. The summed E-state index contributed by atoms with van der Waals surface area (Å²) in [4.78, 5) is 16.4. The summed E-state index contributed by atoms with van der Waals surface area (Å²) in [6.45, 7) is 4.41. The van der Waals surface area contributed by atoms with Crippen LogP contribution >= 0.6 is 11.6 Å². The topological polar surface area (TPSA) is 46.8 Å². The Morgan fingerprint density at radius 1 is 0.793 bits per heavy atom. The molecule has 0 saturated carbocycles. The van der Waals surface area contributed by atoms with Gasteiger partial charge in [-0.15, -0.1) is 0 Å². The molecule has 4 aromatic rings. The van der Waals surface area contributed by atoms with Crippen molar-refractivity contribution >= 4 is 22.8 Å². The summed E-state index contributed by atoms with van der Waals surface area (Å²) in [6.07, 6.45) is 8.30. The summed E-state index contributed by atoms with van der Waals surface area (Å²) in [7, 11) is 0. The Labute approximate surface area is 175 Å². The SMILES string of the molecule is Clc1ccc(-c2ccc(-c3cnc4c(c3)ncn4CCN3CCCC3)nc2)cc1. The maximum atomic E-state index is 5.97. The van der Waals surface area contributed by atoms with Gasteiger partial charge in [0, 0.05) is 41.6 Å². The summed E-state index contributed by atoms with van der Waals surface area (Å²) in [5.41, 5.74) is 5.87. The molecule has 4 heterocycles. The Bertz CT molecular complexity index is 1110.